The third-order valence-corrected chi connectivity index (χ3v) is 8.69. The van der Waals surface area contributed by atoms with Gasteiger partial charge in [-0.2, -0.15) is 0 Å². The first-order valence-corrected chi connectivity index (χ1v) is 14.6. The molecule has 174 valence electrons. The number of benzene rings is 2. The minimum atomic E-state index is -4.00. The average Bonchev–Trinajstić information content (AvgIpc) is 2.77. The molecule has 3 rings (SSSR count). The van der Waals surface area contributed by atoms with Gasteiger partial charge in [0, 0.05) is 25.0 Å². The first kappa shape index (κ1) is 24.4. The first-order chi connectivity index (χ1) is 15.0. The predicted molar refractivity (Wildman–Crippen MR) is 128 cm³/mol. The molecule has 8 nitrogen and oxygen atoms in total. The second-order valence-corrected chi connectivity index (χ2v) is 12.1. The Balaban J connectivity index is 1.91. The molecule has 1 fully saturated rings. The van der Waals surface area contributed by atoms with Gasteiger partial charge < -0.3 is 4.90 Å². The van der Waals surface area contributed by atoms with Crippen LogP contribution in [0.1, 0.15) is 29.6 Å². The molecule has 1 amide bonds. The topological polar surface area (TPSA) is 104 Å². The van der Waals surface area contributed by atoms with Crippen molar-refractivity contribution in [1.82, 2.24) is 4.90 Å². The molecule has 0 aliphatic carbocycles. The minimum Gasteiger partial charge on any atom is -0.339 e. The van der Waals surface area contributed by atoms with Crippen LogP contribution in [-0.4, -0.2) is 60.3 Å². The Hall–Kier alpha value is -2.24. The summed E-state index contributed by atoms with van der Waals surface area (Å²) < 4.78 is 53.2. The van der Waals surface area contributed by atoms with E-state index in [9.17, 15) is 21.6 Å². The summed E-state index contributed by atoms with van der Waals surface area (Å²) in [7, 11) is -6.10. The highest BCUT2D eigenvalue weighted by Crippen LogP contribution is 2.28. The number of thioether (sulfide) groups is 1. The van der Waals surface area contributed by atoms with Crippen molar-refractivity contribution in [2.45, 2.75) is 29.1 Å². The van der Waals surface area contributed by atoms with Gasteiger partial charge in [0.25, 0.3) is 15.9 Å². The van der Waals surface area contributed by atoms with Crippen molar-refractivity contribution < 1.29 is 21.6 Å². The van der Waals surface area contributed by atoms with Gasteiger partial charge in [-0.25, -0.2) is 16.8 Å². The number of nitrogens with one attached hydrogen (secondary N) is 1. The highest BCUT2D eigenvalue weighted by molar-refractivity contribution is 7.98. The molecule has 32 heavy (non-hydrogen) atoms. The van der Waals surface area contributed by atoms with E-state index in [-0.39, 0.29) is 16.5 Å². The van der Waals surface area contributed by atoms with Crippen molar-refractivity contribution in [2.75, 3.05) is 41.7 Å². The van der Waals surface area contributed by atoms with Crippen LogP contribution in [0.4, 0.5) is 11.4 Å². The predicted octanol–water partition coefficient (Wildman–Crippen LogP) is 3.23. The fourth-order valence-corrected chi connectivity index (χ4v) is 5.60. The van der Waals surface area contributed by atoms with Gasteiger partial charge >= 0.3 is 0 Å². The highest BCUT2D eigenvalue weighted by Gasteiger charge is 2.24. The summed E-state index contributed by atoms with van der Waals surface area (Å²) >= 11 is 1.39. The number of hydrogen-bond donors (Lipinski definition) is 1. The van der Waals surface area contributed by atoms with E-state index in [0.29, 0.717) is 24.3 Å². The van der Waals surface area contributed by atoms with Gasteiger partial charge in [0.1, 0.15) is 0 Å². The summed E-state index contributed by atoms with van der Waals surface area (Å²) in [5.74, 6) is -0.164. The first-order valence-electron chi connectivity index (χ1n) is 10.1. The molecule has 0 atom stereocenters. The van der Waals surface area contributed by atoms with E-state index in [0.717, 1.165) is 34.7 Å². The number of nitrogens with zero attached hydrogens (tertiary/aromatic N) is 2. The third-order valence-electron chi connectivity index (χ3n) is 5.31. The van der Waals surface area contributed by atoms with Gasteiger partial charge in [0.2, 0.25) is 10.0 Å². The number of sulfonamides is 2. The Morgan fingerprint density at radius 1 is 1.03 bits per heavy atom. The second kappa shape index (κ2) is 9.72. The average molecular weight is 498 g/mol. The van der Waals surface area contributed by atoms with Crippen LogP contribution < -0.4 is 9.03 Å². The quantitative estimate of drug-likeness (QED) is 0.589. The lowest BCUT2D eigenvalue weighted by Gasteiger charge is -2.27. The van der Waals surface area contributed by atoms with Crippen LogP contribution in [0.15, 0.2) is 52.3 Å². The van der Waals surface area contributed by atoms with Crippen molar-refractivity contribution in [3.8, 4) is 0 Å². The number of hydrogen-bond acceptors (Lipinski definition) is 6. The Bertz CT molecular complexity index is 1210. The molecule has 0 unspecified atom stereocenters. The highest BCUT2D eigenvalue weighted by atomic mass is 32.2. The molecule has 1 heterocycles. The molecule has 1 aliphatic rings. The smallest absolute Gasteiger partial charge is 0.261 e. The number of amides is 1. The van der Waals surface area contributed by atoms with E-state index in [1.807, 2.05) is 6.26 Å². The molecule has 0 bridgehead atoms. The fourth-order valence-electron chi connectivity index (χ4n) is 3.46. The van der Waals surface area contributed by atoms with E-state index in [1.54, 1.807) is 23.1 Å². The summed E-state index contributed by atoms with van der Waals surface area (Å²) in [6.45, 7) is 1.34. The summed E-state index contributed by atoms with van der Waals surface area (Å²) in [5.41, 5.74) is 0.912. The maximum absolute atomic E-state index is 13.1. The Kier molecular flexibility index (Phi) is 7.41. The van der Waals surface area contributed by atoms with Crippen molar-refractivity contribution in [1.29, 1.82) is 0 Å². The molecule has 0 aromatic heterocycles. The third kappa shape index (κ3) is 5.57. The van der Waals surface area contributed by atoms with Crippen molar-refractivity contribution in [2.24, 2.45) is 0 Å². The van der Waals surface area contributed by atoms with Crippen LogP contribution >= 0.6 is 11.8 Å². The largest absolute Gasteiger partial charge is 0.339 e. The van der Waals surface area contributed by atoms with Gasteiger partial charge in [-0.05, 0) is 61.9 Å². The SMILES string of the molecule is CSc1ccc(S(=O)(=O)Nc2cccc(N(C)S(C)(=O)=O)c2)cc1C(=O)N1CCCCC1. The molecule has 2 aromatic rings. The van der Waals surface area contributed by atoms with Crippen LogP contribution in [0, 0.1) is 0 Å². The molecule has 1 aliphatic heterocycles. The number of carbonyl (C=O) groups is 1. The zero-order chi connectivity index (χ0) is 23.5. The van der Waals surface area contributed by atoms with E-state index in [4.69, 9.17) is 0 Å². The number of likely N-dealkylation sites (tertiary alicyclic amines) is 1. The molecular weight excluding hydrogens is 470 g/mol. The van der Waals surface area contributed by atoms with Crippen LogP contribution in [-0.2, 0) is 20.0 Å². The van der Waals surface area contributed by atoms with Crippen LogP contribution in [0.25, 0.3) is 0 Å². The number of piperidine rings is 1. The molecule has 0 radical (unpaired) electrons. The van der Waals surface area contributed by atoms with Gasteiger partial charge in [-0.15, -0.1) is 11.8 Å². The van der Waals surface area contributed by atoms with E-state index in [1.165, 1.54) is 43.1 Å². The van der Waals surface area contributed by atoms with E-state index in [2.05, 4.69) is 4.72 Å². The van der Waals surface area contributed by atoms with Gasteiger partial charge in [0.15, 0.2) is 0 Å². The van der Waals surface area contributed by atoms with E-state index >= 15 is 0 Å². The zero-order valence-corrected chi connectivity index (χ0v) is 20.7. The minimum absolute atomic E-state index is 0.0301. The van der Waals surface area contributed by atoms with Gasteiger partial charge in [0.05, 0.1) is 28.1 Å². The second-order valence-electron chi connectivity index (χ2n) is 7.60. The fraction of sp³-hybridized carbons (Fsp3) is 0.381. The lowest BCUT2D eigenvalue weighted by atomic mass is 10.1. The molecule has 11 heteroatoms. The van der Waals surface area contributed by atoms with Gasteiger partial charge in [-0.3, -0.25) is 13.8 Å². The summed E-state index contributed by atoms with van der Waals surface area (Å²) in [6, 6.07) is 10.6. The molecule has 2 aromatic carbocycles. The molecule has 1 N–H and O–H groups in total. The van der Waals surface area contributed by atoms with Crippen LogP contribution in [0.2, 0.25) is 0 Å². The number of carbonyl (C=O) groups excluding carboxylic acids is 1. The molecule has 0 spiro atoms. The normalized spacial score (nSPS) is 14.8. The lowest BCUT2D eigenvalue weighted by Crippen LogP contribution is -2.36. The zero-order valence-electron chi connectivity index (χ0n) is 18.2. The summed E-state index contributed by atoms with van der Waals surface area (Å²) in [6.07, 6.45) is 5.89. The summed E-state index contributed by atoms with van der Waals surface area (Å²) in [4.78, 5) is 15.5. The Labute approximate surface area is 194 Å². The maximum atomic E-state index is 13.1. The Morgan fingerprint density at radius 3 is 2.34 bits per heavy atom. The summed E-state index contributed by atoms with van der Waals surface area (Å²) in [5, 5.41) is 0. The van der Waals surface area contributed by atoms with Crippen molar-refractivity contribution in [3.05, 3.63) is 48.0 Å². The Morgan fingerprint density at radius 2 is 1.72 bits per heavy atom. The van der Waals surface area contributed by atoms with Crippen LogP contribution in [0.5, 0.6) is 0 Å². The standard InChI is InChI=1S/C21H27N3O5S3/c1-23(31(3,26)27)17-9-7-8-16(14-17)22-32(28,29)18-10-11-20(30-2)19(15-18)21(25)24-12-5-4-6-13-24/h7-11,14-15,22H,4-6,12-13H2,1-3H3. The van der Waals surface area contributed by atoms with Crippen LogP contribution in [0.3, 0.4) is 0 Å². The number of anilines is 2. The lowest BCUT2D eigenvalue weighted by molar-refractivity contribution is 0.0720. The monoisotopic (exact) mass is 497 g/mol. The maximum Gasteiger partial charge on any atom is 0.261 e. The van der Waals surface area contributed by atoms with Gasteiger partial charge in [-0.1, -0.05) is 6.07 Å². The molecule has 0 saturated carbocycles. The molecular formula is C21H27N3O5S3. The van der Waals surface area contributed by atoms with Crippen molar-refractivity contribution in [3.63, 3.8) is 0 Å². The van der Waals surface area contributed by atoms with E-state index < -0.39 is 20.0 Å². The van der Waals surface area contributed by atoms with Crippen molar-refractivity contribution >= 4 is 49.1 Å². The number of rotatable bonds is 7. The molecule has 1 saturated heterocycles.